The molecular formula is C18H19N3O6S3. The van der Waals surface area contributed by atoms with Gasteiger partial charge in [0.2, 0.25) is 0 Å². The van der Waals surface area contributed by atoms with Crippen molar-refractivity contribution in [3.8, 4) is 0 Å². The number of nitrogens with one attached hydrogen (secondary N) is 2. The third kappa shape index (κ3) is 3.00. The maximum Gasteiger partial charge on any atom is 0.287 e. The number of sulfonamides is 1. The highest BCUT2D eigenvalue weighted by molar-refractivity contribution is 7.91. The lowest BCUT2D eigenvalue weighted by Gasteiger charge is -2.34. The molecule has 160 valence electrons. The standard InChI is InChI=1S/C18H19N3O6S3/c1-29(24,25)5-4-10-7-28-18-15(10)30(26,27)21-16(20-18)12-14(22)11-8-2-3-9(6-8)13(11)19-17(12)23/h2-3,7-9,11,13,22H,4-6H2,1H3,(H,19,23)(H,20,21). The average molecular weight is 470 g/mol. The molecule has 2 aliphatic carbocycles. The van der Waals surface area contributed by atoms with Gasteiger partial charge in [-0.3, -0.25) is 4.79 Å². The number of carbonyl (C=O) groups excluding carboxylic acids is 1. The first-order valence-electron chi connectivity index (χ1n) is 9.38. The van der Waals surface area contributed by atoms with E-state index in [-0.39, 0.29) is 63.0 Å². The topological polar surface area (TPSA) is 142 Å². The Morgan fingerprint density at radius 1 is 1.30 bits per heavy atom. The van der Waals surface area contributed by atoms with Crippen molar-refractivity contribution in [2.75, 3.05) is 17.3 Å². The molecule has 2 aliphatic heterocycles. The van der Waals surface area contributed by atoms with Gasteiger partial charge in [0.25, 0.3) is 15.9 Å². The number of fused-ring (bicyclic) bond motifs is 6. The van der Waals surface area contributed by atoms with Crippen molar-refractivity contribution in [2.45, 2.75) is 23.8 Å². The molecule has 0 aromatic carbocycles. The SMILES string of the molecule is CS(=O)(=O)CCc1csc2c1S(=O)(=O)N=C(C1=C(O)C3C4C=CC(C4)C3NC1=O)N2. The molecule has 1 amide bonds. The number of carbonyl (C=O) groups is 1. The normalized spacial score (nSPS) is 31.1. The molecule has 1 aromatic rings. The van der Waals surface area contributed by atoms with E-state index in [2.05, 4.69) is 15.0 Å². The van der Waals surface area contributed by atoms with Crippen molar-refractivity contribution in [3.63, 3.8) is 0 Å². The molecule has 3 heterocycles. The summed E-state index contributed by atoms with van der Waals surface area (Å²) in [5.41, 5.74) is 0.206. The molecule has 0 spiro atoms. The predicted octanol–water partition coefficient (Wildman–Crippen LogP) is 0.980. The first-order valence-corrected chi connectivity index (χ1v) is 13.8. The van der Waals surface area contributed by atoms with Gasteiger partial charge in [0, 0.05) is 18.2 Å². The fraction of sp³-hybridized carbons (Fsp3) is 0.444. The lowest BCUT2D eigenvalue weighted by molar-refractivity contribution is -0.119. The van der Waals surface area contributed by atoms with E-state index in [4.69, 9.17) is 0 Å². The summed E-state index contributed by atoms with van der Waals surface area (Å²) in [5, 5.41) is 18.5. The fourth-order valence-corrected chi connectivity index (χ4v) is 8.01. The van der Waals surface area contributed by atoms with E-state index >= 15 is 0 Å². The minimum Gasteiger partial charge on any atom is -0.511 e. The molecule has 2 bridgehead atoms. The molecule has 1 aromatic heterocycles. The number of allylic oxidation sites excluding steroid dienone is 1. The maximum atomic E-state index is 12.9. The van der Waals surface area contributed by atoms with Crippen LogP contribution in [0.4, 0.5) is 5.00 Å². The van der Waals surface area contributed by atoms with Crippen molar-refractivity contribution in [1.29, 1.82) is 0 Å². The smallest absolute Gasteiger partial charge is 0.287 e. The lowest BCUT2D eigenvalue weighted by Crippen LogP contribution is -2.50. The van der Waals surface area contributed by atoms with Gasteiger partial charge in [0.15, 0.2) is 5.84 Å². The van der Waals surface area contributed by atoms with Gasteiger partial charge in [0.1, 0.15) is 31.1 Å². The third-order valence-electron chi connectivity index (χ3n) is 6.05. The van der Waals surface area contributed by atoms with E-state index in [1.165, 1.54) is 0 Å². The van der Waals surface area contributed by atoms with Crippen molar-refractivity contribution in [2.24, 2.45) is 22.2 Å². The second kappa shape index (κ2) is 6.41. The molecule has 3 N–H and O–H groups in total. The molecule has 9 nitrogen and oxygen atoms in total. The lowest BCUT2D eigenvalue weighted by atomic mass is 9.82. The van der Waals surface area contributed by atoms with Crippen LogP contribution in [0, 0.1) is 17.8 Å². The monoisotopic (exact) mass is 469 g/mol. The number of sulfone groups is 1. The van der Waals surface area contributed by atoms with Gasteiger partial charge in [-0.05, 0) is 35.6 Å². The zero-order chi connectivity index (χ0) is 21.4. The molecule has 1 fully saturated rings. The molecule has 1 saturated carbocycles. The molecule has 0 radical (unpaired) electrons. The van der Waals surface area contributed by atoms with Crippen molar-refractivity contribution >= 4 is 47.9 Å². The van der Waals surface area contributed by atoms with Crippen LogP contribution in [0.3, 0.4) is 0 Å². The second-order valence-corrected chi connectivity index (χ2v) is 12.8. The van der Waals surface area contributed by atoms with Gasteiger partial charge in [-0.15, -0.1) is 15.7 Å². The summed E-state index contributed by atoms with van der Waals surface area (Å²) < 4.78 is 52.5. The molecule has 4 atom stereocenters. The number of rotatable bonds is 4. The highest BCUT2D eigenvalue weighted by atomic mass is 32.2. The van der Waals surface area contributed by atoms with Gasteiger partial charge >= 0.3 is 0 Å². The number of hydrogen-bond acceptors (Lipinski definition) is 8. The van der Waals surface area contributed by atoms with Crippen LogP contribution in [-0.2, 0) is 31.1 Å². The van der Waals surface area contributed by atoms with Crippen molar-refractivity contribution in [3.05, 3.63) is 34.4 Å². The first-order chi connectivity index (χ1) is 14.0. The average Bonchev–Trinajstić information content (AvgIpc) is 3.33. The van der Waals surface area contributed by atoms with Crippen LogP contribution in [0.15, 0.2) is 38.2 Å². The van der Waals surface area contributed by atoms with E-state index in [0.29, 0.717) is 5.56 Å². The van der Waals surface area contributed by atoms with E-state index in [9.17, 15) is 26.7 Å². The van der Waals surface area contributed by atoms with Crippen LogP contribution in [0.5, 0.6) is 0 Å². The molecule has 12 heteroatoms. The second-order valence-electron chi connectivity index (χ2n) is 8.07. The molecule has 30 heavy (non-hydrogen) atoms. The van der Waals surface area contributed by atoms with Gasteiger partial charge in [0.05, 0.1) is 5.75 Å². The van der Waals surface area contributed by atoms with Crippen LogP contribution < -0.4 is 10.6 Å². The Kier molecular flexibility index (Phi) is 4.22. The minimum atomic E-state index is -4.17. The Morgan fingerprint density at radius 2 is 2.03 bits per heavy atom. The highest BCUT2D eigenvalue weighted by Gasteiger charge is 2.52. The summed E-state index contributed by atoms with van der Waals surface area (Å²) in [5.74, 6) is -1.13. The van der Waals surface area contributed by atoms with E-state index < -0.39 is 25.8 Å². The third-order valence-corrected chi connectivity index (χ3v) is 9.48. The number of thiophene rings is 1. The van der Waals surface area contributed by atoms with E-state index in [0.717, 1.165) is 24.0 Å². The summed E-state index contributed by atoms with van der Waals surface area (Å²) in [6, 6.07) is -0.197. The number of aliphatic hydroxyl groups is 1. The number of amidine groups is 1. The molecule has 4 aliphatic rings. The molecule has 0 saturated heterocycles. The highest BCUT2D eigenvalue weighted by Crippen LogP contribution is 2.49. The molecule has 4 unspecified atom stereocenters. The Balaban J connectivity index is 1.53. The number of aliphatic hydroxyl groups excluding tert-OH is 1. The zero-order valence-electron chi connectivity index (χ0n) is 15.8. The number of nitrogens with zero attached hydrogens (tertiary/aromatic N) is 1. The fourth-order valence-electron chi connectivity index (χ4n) is 4.75. The van der Waals surface area contributed by atoms with Crippen LogP contribution >= 0.6 is 11.3 Å². The van der Waals surface area contributed by atoms with Crippen molar-refractivity contribution < 1.29 is 26.7 Å². The van der Waals surface area contributed by atoms with Crippen LogP contribution in [0.25, 0.3) is 0 Å². The largest absolute Gasteiger partial charge is 0.511 e. The number of hydrogen-bond donors (Lipinski definition) is 3. The maximum absolute atomic E-state index is 12.9. The Bertz CT molecular complexity index is 1270. The quantitative estimate of drug-likeness (QED) is 0.558. The van der Waals surface area contributed by atoms with Gasteiger partial charge in [-0.25, -0.2) is 8.42 Å². The van der Waals surface area contributed by atoms with Gasteiger partial charge < -0.3 is 15.7 Å². The number of anilines is 1. The van der Waals surface area contributed by atoms with Gasteiger partial charge in [-0.1, -0.05) is 12.2 Å². The summed E-state index contributed by atoms with van der Waals surface area (Å²) >= 11 is 1.09. The minimum absolute atomic E-state index is 0.0457. The first kappa shape index (κ1) is 19.8. The zero-order valence-corrected chi connectivity index (χ0v) is 18.3. The summed E-state index contributed by atoms with van der Waals surface area (Å²) in [4.78, 5) is 12.7. The molecular weight excluding hydrogens is 450 g/mol. The molecule has 5 rings (SSSR count). The van der Waals surface area contributed by atoms with Crippen LogP contribution in [0.2, 0.25) is 0 Å². The summed E-state index contributed by atoms with van der Waals surface area (Å²) in [6.07, 6.45) is 6.04. The van der Waals surface area contributed by atoms with Gasteiger partial charge in [-0.2, -0.15) is 8.42 Å². The van der Waals surface area contributed by atoms with E-state index in [1.54, 1.807) is 5.38 Å². The Morgan fingerprint density at radius 3 is 2.77 bits per heavy atom. The Labute approximate surface area is 177 Å². The Hall–Kier alpha value is -2.18. The summed E-state index contributed by atoms with van der Waals surface area (Å²) in [6.45, 7) is 0. The van der Waals surface area contributed by atoms with Crippen molar-refractivity contribution in [1.82, 2.24) is 5.32 Å². The van der Waals surface area contributed by atoms with Crippen LogP contribution in [0.1, 0.15) is 12.0 Å². The summed E-state index contributed by atoms with van der Waals surface area (Å²) in [7, 11) is -7.44. The predicted molar refractivity (Wildman–Crippen MR) is 112 cm³/mol. The van der Waals surface area contributed by atoms with Crippen LogP contribution in [-0.4, -0.2) is 51.7 Å². The number of amides is 1. The number of aryl methyl sites for hydroxylation is 1. The van der Waals surface area contributed by atoms with E-state index in [1.807, 2.05) is 12.2 Å².